The van der Waals surface area contributed by atoms with Gasteiger partial charge < -0.3 is 19.3 Å². The van der Waals surface area contributed by atoms with Crippen LogP contribution >= 0.6 is 0 Å². The number of fused-ring (bicyclic) bond motifs is 1. The minimum atomic E-state index is -0.864. The monoisotopic (exact) mass is 276 g/mol. The lowest BCUT2D eigenvalue weighted by Gasteiger charge is -2.15. The third-order valence-electron chi connectivity index (χ3n) is 3.06. The molecule has 0 bridgehead atoms. The molecular formula is C15H16O5. The van der Waals surface area contributed by atoms with Crippen LogP contribution in [0.15, 0.2) is 24.3 Å². The number of methoxy groups -OCH3 is 3. The highest BCUT2D eigenvalue weighted by Gasteiger charge is 2.16. The summed E-state index contributed by atoms with van der Waals surface area (Å²) in [5.41, 5.74) is 0.722. The molecule has 20 heavy (non-hydrogen) atoms. The summed E-state index contributed by atoms with van der Waals surface area (Å²) in [6.45, 7) is 0. The molecule has 106 valence electrons. The van der Waals surface area contributed by atoms with Gasteiger partial charge in [-0.05, 0) is 17.0 Å². The molecular weight excluding hydrogens is 260 g/mol. The van der Waals surface area contributed by atoms with Crippen LogP contribution in [-0.2, 0) is 11.2 Å². The molecule has 0 fully saturated rings. The van der Waals surface area contributed by atoms with E-state index in [4.69, 9.17) is 19.3 Å². The van der Waals surface area contributed by atoms with E-state index >= 15 is 0 Å². The smallest absolute Gasteiger partial charge is 0.307 e. The number of rotatable bonds is 5. The van der Waals surface area contributed by atoms with Gasteiger partial charge in [0.15, 0.2) is 11.5 Å². The third-order valence-corrected chi connectivity index (χ3v) is 3.06. The number of benzene rings is 2. The van der Waals surface area contributed by atoms with Gasteiger partial charge in [-0.3, -0.25) is 4.79 Å². The topological polar surface area (TPSA) is 65.0 Å². The predicted molar refractivity (Wildman–Crippen MR) is 74.9 cm³/mol. The van der Waals surface area contributed by atoms with Gasteiger partial charge >= 0.3 is 5.97 Å². The van der Waals surface area contributed by atoms with Crippen LogP contribution in [-0.4, -0.2) is 32.4 Å². The van der Waals surface area contributed by atoms with Crippen LogP contribution < -0.4 is 14.2 Å². The lowest BCUT2D eigenvalue weighted by Crippen LogP contribution is -2.00. The van der Waals surface area contributed by atoms with Crippen molar-refractivity contribution in [2.75, 3.05) is 21.3 Å². The van der Waals surface area contributed by atoms with Crippen molar-refractivity contribution in [2.24, 2.45) is 0 Å². The molecule has 5 nitrogen and oxygen atoms in total. The van der Waals surface area contributed by atoms with Gasteiger partial charge in [0, 0.05) is 5.39 Å². The molecule has 0 aliphatic rings. The molecule has 2 aromatic rings. The van der Waals surface area contributed by atoms with Crippen molar-refractivity contribution >= 4 is 16.7 Å². The summed E-state index contributed by atoms with van der Waals surface area (Å²) >= 11 is 0. The van der Waals surface area contributed by atoms with Gasteiger partial charge in [-0.1, -0.05) is 18.2 Å². The highest BCUT2D eigenvalue weighted by Crippen LogP contribution is 2.43. The Morgan fingerprint density at radius 1 is 1.05 bits per heavy atom. The van der Waals surface area contributed by atoms with Crippen molar-refractivity contribution in [3.8, 4) is 17.2 Å². The van der Waals surface area contributed by atoms with Crippen molar-refractivity contribution in [3.63, 3.8) is 0 Å². The first-order valence-corrected chi connectivity index (χ1v) is 6.04. The highest BCUT2D eigenvalue weighted by atomic mass is 16.5. The Labute approximate surface area is 116 Å². The van der Waals surface area contributed by atoms with E-state index in [1.54, 1.807) is 27.4 Å². The highest BCUT2D eigenvalue weighted by molar-refractivity contribution is 5.94. The lowest BCUT2D eigenvalue weighted by atomic mass is 10.0. The van der Waals surface area contributed by atoms with Crippen LogP contribution in [0.5, 0.6) is 17.2 Å². The van der Waals surface area contributed by atoms with E-state index in [0.717, 1.165) is 16.3 Å². The predicted octanol–water partition coefficient (Wildman–Crippen LogP) is 2.49. The molecule has 0 unspecified atom stereocenters. The largest absolute Gasteiger partial charge is 0.493 e. The van der Waals surface area contributed by atoms with Gasteiger partial charge in [0.25, 0.3) is 0 Å². The molecule has 1 N–H and O–H groups in total. The Morgan fingerprint density at radius 3 is 2.30 bits per heavy atom. The van der Waals surface area contributed by atoms with E-state index < -0.39 is 5.97 Å². The number of hydrogen-bond acceptors (Lipinski definition) is 4. The normalized spacial score (nSPS) is 10.3. The molecule has 0 aliphatic carbocycles. The standard InChI is InChI=1S/C15H16O5/c1-18-12-8-10-6-9(7-13(16)17)4-5-11(10)14(19-2)15(12)20-3/h4-6,8H,7H2,1-3H3,(H,16,17). The van der Waals surface area contributed by atoms with E-state index in [-0.39, 0.29) is 6.42 Å². The maximum absolute atomic E-state index is 10.8. The van der Waals surface area contributed by atoms with E-state index in [0.29, 0.717) is 17.2 Å². The molecule has 0 heterocycles. The van der Waals surface area contributed by atoms with Crippen molar-refractivity contribution in [2.45, 2.75) is 6.42 Å². The van der Waals surface area contributed by atoms with Crippen LogP contribution in [0.4, 0.5) is 0 Å². The summed E-state index contributed by atoms with van der Waals surface area (Å²) < 4.78 is 16.0. The van der Waals surface area contributed by atoms with Gasteiger partial charge in [0.1, 0.15) is 0 Å². The first kappa shape index (κ1) is 14.0. The fourth-order valence-electron chi connectivity index (χ4n) is 2.21. The van der Waals surface area contributed by atoms with Crippen molar-refractivity contribution < 1.29 is 24.1 Å². The Bertz CT molecular complexity index is 648. The second kappa shape index (κ2) is 5.69. The second-order valence-electron chi connectivity index (χ2n) is 4.27. The molecule has 0 saturated carbocycles. The Hall–Kier alpha value is -2.43. The van der Waals surface area contributed by atoms with Crippen LogP contribution in [0.3, 0.4) is 0 Å². The number of hydrogen-bond donors (Lipinski definition) is 1. The van der Waals surface area contributed by atoms with E-state index in [9.17, 15) is 4.79 Å². The summed E-state index contributed by atoms with van der Waals surface area (Å²) in [5, 5.41) is 10.5. The zero-order chi connectivity index (χ0) is 14.7. The number of aliphatic carboxylic acids is 1. The molecule has 0 aromatic heterocycles. The maximum Gasteiger partial charge on any atom is 0.307 e. The Kier molecular flexibility index (Phi) is 3.98. The number of carboxylic acids is 1. The van der Waals surface area contributed by atoms with Gasteiger partial charge in [-0.25, -0.2) is 0 Å². The minimum absolute atomic E-state index is 0.0212. The van der Waals surface area contributed by atoms with Gasteiger partial charge in [-0.15, -0.1) is 0 Å². The Morgan fingerprint density at radius 2 is 1.75 bits per heavy atom. The first-order chi connectivity index (χ1) is 9.60. The maximum atomic E-state index is 10.8. The average molecular weight is 276 g/mol. The summed E-state index contributed by atoms with van der Waals surface area (Å²) in [6.07, 6.45) is -0.0212. The van der Waals surface area contributed by atoms with Gasteiger partial charge in [-0.2, -0.15) is 0 Å². The molecule has 5 heteroatoms. The summed E-state index contributed by atoms with van der Waals surface area (Å²) in [6, 6.07) is 7.22. The second-order valence-corrected chi connectivity index (χ2v) is 4.27. The zero-order valence-electron chi connectivity index (χ0n) is 11.6. The summed E-state index contributed by atoms with van der Waals surface area (Å²) in [4.78, 5) is 10.8. The van der Waals surface area contributed by atoms with Gasteiger partial charge in [0.2, 0.25) is 5.75 Å². The molecule has 0 saturated heterocycles. The first-order valence-electron chi connectivity index (χ1n) is 6.04. The number of carboxylic acid groups (broad SMARTS) is 1. The summed E-state index contributed by atoms with van der Waals surface area (Å²) in [7, 11) is 4.65. The van der Waals surface area contributed by atoms with Crippen LogP contribution in [0, 0.1) is 0 Å². The SMILES string of the molecule is COc1cc2cc(CC(=O)O)ccc2c(OC)c1OC. The van der Waals surface area contributed by atoms with E-state index in [2.05, 4.69) is 0 Å². The average Bonchev–Trinajstić information content (AvgIpc) is 2.44. The van der Waals surface area contributed by atoms with Gasteiger partial charge in [0.05, 0.1) is 27.8 Å². The van der Waals surface area contributed by atoms with E-state index in [1.807, 2.05) is 18.2 Å². The molecule has 0 amide bonds. The molecule has 2 rings (SSSR count). The van der Waals surface area contributed by atoms with E-state index in [1.165, 1.54) is 0 Å². The van der Waals surface area contributed by atoms with Crippen molar-refractivity contribution in [3.05, 3.63) is 29.8 Å². The molecule has 0 spiro atoms. The third kappa shape index (κ3) is 2.47. The van der Waals surface area contributed by atoms with Crippen LogP contribution in [0.2, 0.25) is 0 Å². The Balaban J connectivity index is 2.67. The van der Waals surface area contributed by atoms with Crippen molar-refractivity contribution in [1.82, 2.24) is 0 Å². The van der Waals surface area contributed by atoms with Crippen molar-refractivity contribution in [1.29, 1.82) is 0 Å². The molecule has 0 atom stereocenters. The number of ether oxygens (including phenoxy) is 3. The zero-order valence-corrected chi connectivity index (χ0v) is 11.6. The fraction of sp³-hybridized carbons (Fsp3) is 0.267. The number of carbonyl (C=O) groups is 1. The molecule has 2 aromatic carbocycles. The lowest BCUT2D eigenvalue weighted by molar-refractivity contribution is -0.136. The molecule has 0 radical (unpaired) electrons. The van der Waals surface area contributed by atoms with Crippen LogP contribution in [0.25, 0.3) is 10.8 Å². The molecule has 0 aliphatic heterocycles. The van der Waals surface area contributed by atoms with Crippen LogP contribution in [0.1, 0.15) is 5.56 Å². The minimum Gasteiger partial charge on any atom is -0.493 e. The fourth-order valence-corrected chi connectivity index (χ4v) is 2.21. The quantitative estimate of drug-likeness (QED) is 0.909. The summed E-state index contributed by atoms with van der Waals surface area (Å²) in [5.74, 6) is 0.776.